The molecule has 0 amide bonds. The summed E-state index contributed by atoms with van der Waals surface area (Å²) in [5.74, 6) is 0.427. The van der Waals surface area contributed by atoms with Crippen LogP contribution in [0.25, 0.3) is 0 Å². The Balaban J connectivity index is 1.79. The second kappa shape index (κ2) is 4.58. The average Bonchev–Trinajstić information content (AvgIpc) is 2.23. The predicted molar refractivity (Wildman–Crippen MR) is 65.7 cm³/mol. The normalized spacial score (nSPS) is 15.9. The highest BCUT2D eigenvalue weighted by Crippen LogP contribution is 2.33. The van der Waals surface area contributed by atoms with Crippen LogP contribution in [0.4, 0.5) is 0 Å². The minimum atomic E-state index is 0.427. The van der Waals surface area contributed by atoms with Crippen molar-refractivity contribution in [3.8, 4) is 0 Å². The molecular weight excluding hydrogens is 204 g/mol. The van der Waals surface area contributed by atoms with E-state index < -0.39 is 0 Å². The predicted octanol–water partition coefficient (Wildman–Crippen LogP) is 3.50. The number of benzene rings is 1. The largest absolute Gasteiger partial charge is 0.482 e. The molecule has 0 bridgehead atoms. The molecule has 0 heterocycles. The molecule has 1 aliphatic rings. The van der Waals surface area contributed by atoms with Gasteiger partial charge in [-0.2, -0.15) is 0 Å². The van der Waals surface area contributed by atoms with Crippen LogP contribution >= 0.6 is 12.2 Å². The SMILES string of the molecule is C=C1CC(C(=S)OCc2ccccc2)C1. The zero-order valence-corrected chi connectivity index (χ0v) is 9.43. The number of allylic oxidation sites excluding steroid dienone is 1. The molecule has 1 nitrogen and oxygen atoms in total. The second-order valence-corrected chi connectivity index (χ2v) is 4.35. The quantitative estimate of drug-likeness (QED) is 0.567. The molecule has 1 aromatic carbocycles. The topological polar surface area (TPSA) is 9.23 Å². The van der Waals surface area contributed by atoms with Crippen molar-refractivity contribution in [1.82, 2.24) is 0 Å². The number of rotatable bonds is 3. The van der Waals surface area contributed by atoms with E-state index in [1.807, 2.05) is 30.3 Å². The molecule has 78 valence electrons. The molecule has 1 fully saturated rings. The van der Waals surface area contributed by atoms with Crippen LogP contribution in [0.3, 0.4) is 0 Å². The molecule has 0 spiro atoms. The van der Waals surface area contributed by atoms with E-state index in [4.69, 9.17) is 17.0 Å². The lowest BCUT2D eigenvalue weighted by molar-refractivity contribution is 0.268. The van der Waals surface area contributed by atoms with E-state index in [0.717, 1.165) is 23.5 Å². The highest BCUT2D eigenvalue weighted by molar-refractivity contribution is 7.80. The van der Waals surface area contributed by atoms with Crippen molar-refractivity contribution in [3.63, 3.8) is 0 Å². The molecule has 0 aliphatic heterocycles. The standard InChI is InChI=1S/C13H14OS/c1-10-7-12(8-10)13(15)14-9-11-5-3-2-4-6-11/h2-6,12H,1,7-9H2. The third-order valence-electron chi connectivity index (χ3n) is 2.63. The van der Waals surface area contributed by atoms with Crippen molar-refractivity contribution in [3.05, 3.63) is 48.0 Å². The molecule has 15 heavy (non-hydrogen) atoms. The first kappa shape index (κ1) is 10.4. The van der Waals surface area contributed by atoms with Crippen LogP contribution in [0.15, 0.2) is 42.5 Å². The minimum absolute atomic E-state index is 0.427. The molecule has 0 atom stereocenters. The highest BCUT2D eigenvalue weighted by Gasteiger charge is 2.26. The summed E-state index contributed by atoms with van der Waals surface area (Å²) in [6, 6.07) is 10.1. The van der Waals surface area contributed by atoms with E-state index in [2.05, 4.69) is 6.58 Å². The lowest BCUT2D eigenvalue weighted by atomic mass is 9.82. The Morgan fingerprint density at radius 3 is 2.60 bits per heavy atom. The van der Waals surface area contributed by atoms with Gasteiger partial charge < -0.3 is 4.74 Å². The van der Waals surface area contributed by atoms with E-state index in [1.54, 1.807) is 0 Å². The van der Waals surface area contributed by atoms with Crippen LogP contribution in [0.5, 0.6) is 0 Å². The Kier molecular flexibility index (Phi) is 3.17. The Labute approximate surface area is 95.8 Å². The lowest BCUT2D eigenvalue weighted by Gasteiger charge is -2.28. The van der Waals surface area contributed by atoms with Gasteiger partial charge in [0.15, 0.2) is 5.05 Å². The zero-order valence-electron chi connectivity index (χ0n) is 8.61. The highest BCUT2D eigenvalue weighted by atomic mass is 32.1. The Bertz CT molecular complexity index is 361. The fourth-order valence-electron chi connectivity index (χ4n) is 1.65. The molecule has 1 saturated carbocycles. The third-order valence-corrected chi connectivity index (χ3v) is 3.08. The van der Waals surface area contributed by atoms with E-state index in [0.29, 0.717) is 12.5 Å². The number of ether oxygens (including phenoxy) is 1. The van der Waals surface area contributed by atoms with Gasteiger partial charge in [0.05, 0.1) is 0 Å². The molecule has 2 rings (SSSR count). The van der Waals surface area contributed by atoms with Gasteiger partial charge in [-0.25, -0.2) is 0 Å². The van der Waals surface area contributed by atoms with Gasteiger partial charge >= 0.3 is 0 Å². The summed E-state index contributed by atoms with van der Waals surface area (Å²) >= 11 is 5.22. The van der Waals surface area contributed by atoms with Crippen molar-refractivity contribution >= 4 is 17.3 Å². The first-order valence-electron chi connectivity index (χ1n) is 5.13. The summed E-state index contributed by atoms with van der Waals surface area (Å²) in [5.41, 5.74) is 2.45. The van der Waals surface area contributed by atoms with Gasteiger partial charge in [0, 0.05) is 5.92 Å². The maximum atomic E-state index is 5.57. The van der Waals surface area contributed by atoms with E-state index in [9.17, 15) is 0 Å². The molecule has 0 N–H and O–H groups in total. The van der Waals surface area contributed by atoms with Crippen molar-refractivity contribution in [1.29, 1.82) is 0 Å². The fraction of sp³-hybridized carbons (Fsp3) is 0.308. The minimum Gasteiger partial charge on any atom is -0.482 e. The molecule has 1 aliphatic carbocycles. The molecule has 1 aromatic rings. The summed E-state index contributed by atoms with van der Waals surface area (Å²) in [6.45, 7) is 4.48. The maximum absolute atomic E-state index is 5.57. The van der Waals surface area contributed by atoms with Crippen molar-refractivity contribution in [2.24, 2.45) is 5.92 Å². The summed E-state index contributed by atoms with van der Waals surface area (Å²) in [7, 11) is 0. The summed E-state index contributed by atoms with van der Waals surface area (Å²) in [5, 5.41) is 0.742. The lowest BCUT2D eigenvalue weighted by Crippen LogP contribution is -2.24. The first-order valence-corrected chi connectivity index (χ1v) is 5.54. The number of hydrogen-bond acceptors (Lipinski definition) is 2. The summed E-state index contributed by atoms with van der Waals surface area (Å²) in [4.78, 5) is 0. The smallest absolute Gasteiger partial charge is 0.163 e. The second-order valence-electron chi connectivity index (χ2n) is 3.95. The molecule has 0 saturated heterocycles. The fourth-order valence-corrected chi connectivity index (χ4v) is 1.88. The monoisotopic (exact) mass is 218 g/mol. The third kappa shape index (κ3) is 2.66. The maximum Gasteiger partial charge on any atom is 0.163 e. The van der Waals surface area contributed by atoms with Gasteiger partial charge in [0.1, 0.15) is 6.61 Å². The number of hydrogen-bond donors (Lipinski definition) is 0. The van der Waals surface area contributed by atoms with Gasteiger partial charge in [-0.15, -0.1) is 0 Å². The van der Waals surface area contributed by atoms with Gasteiger partial charge in [0.2, 0.25) is 0 Å². The van der Waals surface area contributed by atoms with Gasteiger partial charge in [0.25, 0.3) is 0 Å². The van der Waals surface area contributed by atoms with Crippen molar-refractivity contribution in [2.45, 2.75) is 19.4 Å². The molecule has 0 radical (unpaired) electrons. The van der Waals surface area contributed by atoms with Gasteiger partial charge in [-0.1, -0.05) is 42.5 Å². The van der Waals surface area contributed by atoms with Crippen LogP contribution in [0, 0.1) is 5.92 Å². The van der Waals surface area contributed by atoms with Crippen LogP contribution in [-0.2, 0) is 11.3 Å². The number of thiocarbonyl (C=S) groups is 1. The Hall–Kier alpha value is -1.15. The summed E-state index contributed by atoms with van der Waals surface area (Å²) in [6.07, 6.45) is 2.02. The molecule has 2 heteroatoms. The molecule has 0 aromatic heterocycles. The van der Waals surface area contributed by atoms with Crippen molar-refractivity contribution < 1.29 is 4.74 Å². The van der Waals surface area contributed by atoms with Crippen LogP contribution in [-0.4, -0.2) is 5.05 Å². The van der Waals surface area contributed by atoms with Crippen LogP contribution in [0.2, 0.25) is 0 Å². The molecular formula is C13H14OS. The summed E-state index contributed by atoms with van der Waals surface area (Å²) < 4.78 is 5.57. The zero-order chi connectivity index (χ0) is 10.7. The van der Waals surface area contributed by atoms with E-state index >= 15 is 0 Å². The van der Waals surface area contributed by atoms with Crippen molar-refractivity contribution in [2.75, 3.05) is 0 Å². The van der Waals surface area contributed by atoms with Crippen LogP contribution in [0.1, 0.15) is 18.4 Å². The first-order chi connectivity index (χ1) is 7.25. The van der Waals surface area contributed by atoms with E-state index in [1.165, 1.54) is 5.57 Å². The van der Waals surface area contributed by atoms with E-state index in [-0.39, 0.29) is 0 Å². The Morgan fingerprint density at radius 2 is 2.00 bits per heavy atom. The van der Waals surface area contributed by atoms with Crippen LogP contribution < -0.4 is 0 Å². The van der Waals surface area contributed by atoms with Gasteiger partial charge in [-0.05, 0) is 30.6 Å². The molecule has 0 unspecified atom stereocenters. The average molecular weight is 218 g/mol. The van der Waals surface area contributed by atoms with Gasteiger partial charge in [-0.3, -0.25) is 0 Å². The Morgan fingerprint density at radius 1 is 1.33 bits per heavy atom.